The van der Waals surface area contributed by atoms with Crippen molar-refractivity contribution >= 4 is 0 Å². The highest BCUT2D eigenvalue weighted by Gasteiger charge is 2.32. The van der Waals surface area contributed by atoms with Crippen LogP contribution in [-0.4, -0.2) is 0 Å². The zero-order valence-corrected chi connectivity index (χ0v) is 7.78. The molecule has 60 valence electrons. The molecule has 0 spiro atoms. The van der Waals surface area contributed by atoms with Gasteiger partial charge in [-0.2, -0.15) is 0 Å². The summed E-state index contributed by atoms with van der Waals surface area (Å²) < 4.78 is 0. The molecule has 2 atom stereocenters. The molecule has 10 heavy (non-hydrogen) atoms. The van der Waals surface area contributed by atoms with E-state index in [9.17, 15) is 0 Å². The van der Waals surface area contributed by atoms with Gasteiger partial charge in [-0.3, -0.25) is 0 Å². The zero-order valence-electron chi connectivity index (χ0n) is 7.78. The molecular formula is C10H20. The lowest BCUT2D eigenvalue weighted by Gasteiger charge is -2.40. The van der Waals surface area contributed by atoms with Gasteiger partial charge in [-0.05, 0) is 23.7 Å². The van der Waals surface area contributed by atoms with Crippen LogP contribution < -0.4 is 0 Å². The van der Waals surface area contributed by atoms with Crippen molar-refractivity contribution in [1.29, 1.82) is 0 Å². The van der Waals surface area contributed by atoms with Crippen LogP contribution >= 0.6 is 0 Å². The van der Waals surface area contributed by atoms with E-state index in [1.165, 1.54) is 19.3 Å². The van der Waals surface area contributed by atoms with Crippen LogP contribution in [0.2, 0.25) is 0 Å². The number of rotatable bonds is 0. The van der Waals surface area contributed by atoms with Gasteiger partial charge in [0.25, 0.3) is 0 Å². The molecule has 0 heteroatoms. The normalized spacial score (nSPS) is 39.6. The summed E-state index contributed by atoms with van der Waals surface area (Å²) in [5.74, 6) is 1.87. The van der Waals surface area contributed by atoms with Crippen LogP contribution in [0.25, 0.3) is 0 Å². The molecule has 0 nitrogen and oxygen atoms in total. The predicted molar refractivity (Wildman–Crippen MR) is 46.0 cm³/mol. The smallest absolute Gasteiger partial charge is 0.0326 e. The van der Waals surface area contributed by atoms with Crippen LogP contribution in [0.1, 0.15) is 47.0 Å². The van der Waals surface area contributed by atoms with E-state index in [-0.39, 0.29) is 0 Å². The van der Waals surface area contributed by atoms with Gasteiger partial charge in [0.2, 0.25) is 0 Å². The third kappa shape index (κ3) is 1.36. The predicted octanol–water partition coefficient (Wildman–Crippen LogP) is 3.47. The summed E-state index contributed by atoms with van der Waals surface area (Å²) in [6.45, 7) is 9.62. The Labute approximate surface area is 65.0 Å². The molecule has 0 amide bonds. The average Bonchev–Trinajstić information content (AvgIpc) is 1.83. The van der Waals surface area contributed by atoms with Crippen molar-refractivity contribution in [3.8, 4) is 0 Å². The fraction of sp³-hybridized carbons (Fsp3) is 1.00. The third-order valence-electron chi connectivity index (χ3n) is 3.57. The van der Waals surface area contributed by atoms with Gasteiger partial charge in [-0.15, -0.1) is 0 Å². The SMILES string of the molecule is C[C@@H]1CCCC(C)(C)[C@@H]1C. The van der Waals surface area contributed by atoms with Crippen LogP contribution in [0.3, 0.4) is 0 Å². The Hall–Kier alpha value is 0. The summed E-state index contributed by atoms with van der Waals surface area (Å²) in [4.78, 5) is 0. The summed E-state index contributed by atoms with van der Waals surface area (Å²) in [7, 11) is 0. The van der Waals surface area contributed by atoms with Gasteiger partial charge >= 0.3 is 0 Å². The van der Waals surface area contributed by atoms with Crippen LogP contribution in [0.4, 0.5) is 0 Å². The van der Waals surface area contributed by atoms with E-state index in [2.05, 4.69) is 27.7 Å². The quantitative estimate of drug-likeness (QED) is 0.483. The Morgan fingerprint density at radius 3 is 2.20 bits per heavy atom. The van der Waals surface area contributed by atoms with Crippen LogP contribution in [-0.2, 0) is 0 Å². The molecule has 1 saturated carbocycles. The summed E-state index contributed by atoms with van der Waals surface area (Å²) >= 11 is 0. The summed E-state index contributed by atoms with van der Waals surface area (Å²) in [6, 6.07) is 0. The second-order valence-corrected chi connectivity index (χ2v) is 4.65. The molecule has 1 aliphatic rings. The van der Waals surface area contributed by atoms with Crippen LogP contribution in [0, 0.1) is 17.3 Å². The Morgan fingerprint density at radius 1 is 1.20 bits per heavy atom. The highest BCUT2D eigenvalue weighted by atomic mass is 14.4. The summed E-state index contributed by atoms with van der Waals surface area (Å²) in [6.07, 6.45) is 4.32. The van der Waals surface area contributed by atoms with Crippen molar-refractivity contribution in [2.45, 2.75) is 47.0 Å². The Balaban J connectivity index is 2.60. The van der Waals surface area contributed by atoms with E-state index in [0.717, 1.165) is 11.8 Å². The Bertz CT molecular complexity index is 113. The molecule has 0 unspecified atom stereocenters. The summed E-state index contributed by atoms with van der Waals surface area (Å²) in [5.41, 5.74) is 0.609. The van der Waals surface area contributed by atoms with Crippen molar-refractivity contribution in [1.82, 2.24) is 0 Å². The van der Waals surface area contributed by atoms with Crippen molar-refractivity contribution < 1.29 is 0 Å². The largest absolute Gasteiger partial charge is 0.0622 e. The van der Waals surface area contributed by atoms with Gasteiger partial charge < -0.3 is 0 Å². The van der Waals surface area contributed by atoms with Crippen molar-refractivity contribution in [3.05, 3.63) is 0 Å². The lowest BCUT2D eigenvalue weighted by molar-refractivity contribution is 0.0996. The Morgan fingerprint density at radius 2 is 1.80 bits per heavy atom. The highest BCUT2D eigenvalue weighted by molar-refractivity contribution is 4.83. The second-order valence-electron chi connectivity index (χ2n) is 4.65. The van der Waals surface area contributed by atoms with E-state index >= 15 is 0 Å². The van der Waals surface area contributed by atoms with Gasteiger partial charge in [-0.1, -0.05) is 40.5 Å². The fourth-order valence-electron chi connectivity index (χ4n) is 2.13. The molecule has 0 aromatic carbocycles. The second kappa shape index (κ2) is 2.56. The average molecular weight is 140 g/mol. The molecule has 0 aromatic heterocycles. The number of hydrogen-bond acceptors (Lipinski definition) is 0. The van der Waals surface area contributed by atoms with Gasteiger partial charge in [0, 0.05) is 0 Å². The molecule has 0 radical (unpaired) electrons. The molecule has 0 aliphatic heterocycles. The lowest BCUT2D eigenvalue weighted by Crippen LogP contribution is -2.31. The first-order valence-corrected chi connectivity index (χ1v) is 4.54. The van der Waals surface area contributed by atoms with Gasteiger partial charge in [0.05, 0.1) is 0 Å². The highest BCUT2D eigenvalue weighted by Crippen LogP contribution is 2.43. The minimum atomic E-state index is 0.609. The maximum absolute atomic E-state index is 2.41. The minimum Gasteiger partial charge on any atom is -0.0622 e. The Kier molecular flexibility index (Phi) is 2.07. The van der Waals surface area contributed by atoms with Crippen molar-refractivity contribution in [2.75, 3.05) is 0 Å². The van der Waals surface area contributed by atoms with E-state index in [1.807, 2.05) is 0 Å². The first-order valence-electron chi connectivity index (χ1n) is 4.54. The van der Waals surface area contributed by atoms with E-state index in [1.54, 1.807) is 0 Å². The molecule has 0 bridgehead atoms. The molecule has 1 fully saturated rings. The molecule has 0 N–H and O–H groups in total. The first kappa shape index (κ1) is 8.10. The standard InChI is InChI=1S/C10H20/c1-8-6-5-7-10(3,4)9(8)2/h8-9H,5-7H2,1-4H3/t8-,9-/m1/s1. The van der Waals surface area contributed by atoms with E-state index < -0.39 is 0 Å². The maximum atomic E-state index is 2.41. The molecule has 0 heterocycles. The lowest BCUT2D eigenvalue weighted by atomic mass is 9.65. The van der Waals surface area contributed by atoms with Gasteiger partial charge in [-0.25, -0.2) is 0 Å². The zero-order chi connectivity index (χ0) is 7.78. The topological polar surface area (TPSA) is 0 Å². The minimum absolute atomic E-state index is 0.609. The van der Waals surface area contributed by atoms with Crippen molar-refractivity contribution in [3.63, 3.8) is 0 Å². The van der Waals surface area contributed by atoms with Crippen LogP contribution in [0.15, 0.2) is 0 Å². The van der Waals surface area contributed by atoms with Gasteiger partial charge in [0.15, 0.2) is 0 Å². The summed E-state index contributed by atoms with van der Waals surface area (Å²) in [5, 5.41) is 0. The van der Waals surface area contributed by atoms with E-state index in [0.29, 0.717) is 5.41 Å². The first-order chi connectivity index (χ1) is 4.54. The monoisotopic (exact) mass is 140 g/mol. The van der Waals surface area contributed by atoms with Gasteiger partial charge in [0.1, 0.15) is 0 Å². The third-order valence-corrected chi connectivity index (χ3v) is 3.57. The van der Waals surface area contributed by atoms with Crippen molar-refractivity contribution in [2.24, 2.45) is 17.3 Å². The molecule has 1 aliphatic carbocycles. The maximum Gasteiger partial charge on any atom is -0.0326 e. The van der Waals surface area contributed by atoms with E-state index in [4.69, 9.17) is 0 Å². The van der Waals surface area contributed by atoms with Crippen LogP contribution in [0.5, 0.6) is 0 Å². The molecular weight excluding hydrogens is 120 g/mol. The molecule has 0 aromatic rings. The number of hydrogen-bond donors (Lipinski definition) is 0. The molecule has 0 saturated heterocycles. The molecule has 1 rings (SSSR count). The fourth-order valence-corrected chi connectivity index (χ4v) is 2.13.